The number of carboxylic acids is 1. The van der Waals surface area contributed by atoms with E-state index in [-0.39, 0.29) is 18.5 Å². The molecule has 1 rings (SSSR count). The largest absolute Gasteiger partial charge is 0.481 e. The summed E-state index contributed by atoms with van der Waals surface area (Å²) in [6.07, 6.45) is 1.12. The van der Waals surface area contributed by atoms with Crippen LogP contribution in [0.3, 0.4) is 0 Å². The molecule has 0 heterocycles. The van der Waals surface area contributed by atoms with Crippen LogP contribution in [0.25, 0.3) is 0 Å². The summed E-state index contributed by atoms with van der Waals surface area (Å²) in [5.41, 5.74) is 7.41. The van der Waals surface area contributed by atoms with E-state index in [4.69, 9.17) is 16.1 Å². The van der Waals surface area contributed by atoms with Crippen LogP contribution < -0.4 is 16.4 Å². The van der Waals surface area contributed by atoms with Crippen LogP contribution >= 0.6 is 0 Å². The number of benzene rings is 1. The van der Waals surface area contributed by atoms with Gasteiger partial charge in [-0.2, -0.15) is 5.26 Å². The van der Waals surface area contributed by atoms with Crippen molar-refractivity contribution in [2.24, 2.45) is 5.73 Å². The number of rotatable bonds is 8. The highest BCUT2D eigenvalue weighted by Crippen LogP contribution is 2.04. The molecule has 0 aliphatic heterocycles. The van der Waals surface area contributed by atoms with E-state index in [1.165, 1.54) is 6.20 Å². The smallest absolute Gasteiger partial charge is 0.305 e. The van der Waals surface area contributed by atoms with Crippen molar-refractivity contribution < 1.29 is 14.7 Å². The number of carbonyl (C=O) groups is 2. The van der Waals surface area contributed by atoms with Crippen LogP contribution in [0.1, 0.15) is 17.5 Å². The molecule has 0 unspecified atom stereocenters. The van der Waals surface area contributed by atoms with Crippen LogP contribution in [0, 0.1) is 11.3 Å². The number of carboxylic acid groups (broad SMARTS) is 1. The van der Waals surface area contributed by atoms with Gasteiger partial charge in [0.2, 0.25) is 0 Å². The zero-order valence-corrected chi connectivity index (χ0v) is 12.0. The molecule has 0 atom stereocenters. The van der Waals surface area contributed by atoms with Gasteiger partial charge in [-0.3, -0.25) is 9.59 Å². The second kappa shape index (κ2) is 9.15. The third-order valence-electron chi connectivity index (χ3n) is 2.77. The second-order valence-corrected chi connectivity index (χ2v) is 4.47. The number of aliphatic carboxylic acids is 1. The van der Waals surface area contributed by atoms with Crippen LogP contribution in [0.15, 0.2) is 36.0 Å². The number of nitrogens with two attached hydrogens (primary N) is 1. The van der Waals surface area contributed by atoms with Crippen LogP contribution in [-0.4, -0.2) is 23.5 Å². The molecule has 5 N–H and O–H groups in total. The van der Waals surface area contributed by atoms with Crippen molar-refractivity contribution in [2.45, 2.75) is 19.5 Å². The number of hydrogen-bond acceptors (Lipinski definition) is 5. The van der Waals surface area contributed by atoms with Crippen molar-refractivity contribution >= 4 is 11.9 Å². The maximum Gasteiger partial charge on any atom is 0.305 e. The van der Waals surface area contributed by atoms with Crippen LogP contribution in [0.5, 0.6) is 0 Å². The number of carbonyl (C=O) groups excluding carboxylic acids is 1. The Balaban J connectivity index is 2.52. The van der Waals surface area contributed by atoms with Gasteiger partial charge in [0, 0.05) is 25.8 Å². The highest BCUT2D eigenvalue weighted by molar-refractivity contribution is 5.97. The van der Waals surface area contributed by atoms with Crippen molar-refractivity contribution in [3.05, 3.63) is 47.2 Å². The predicted molar refractivity (Wildman–Crippen MR) is 80.1 cm³/mol. The molecular formula is C15H18N4O3. The number of nitrogens with zero attached hydrogens (tertiary/aromatic N) is 1. The van der Waals surface area contributed by atoms with Crippen LogP contribution in [-0.2, 0) is 22.7 Å². The van der Waals surface area contributed by atoms with E-state index in [0.717, 1.165) is 11.1 Å². The summed E-state index contributed by atoms with van der Waals surface area (Å²) >= 11 is 0. The number of amides is 1. The van der Waals surface area contributed by atoms with Crippen molar-refractivity contribution in [3.8, 4) is 6.07 Å². The molecule has 0 saturated heterocycles. The fraction of sp³-hybridized carbons (Fsp3) is 0.267. The standard InChI is InChI=1S/C15H18N4O3/c16-7-11-2-1-3-12(6-11)9-18-10-13(8-17)15(22)19-5-4-14(20)21/h1-3,6,10,18H,4-5,7,9,16H2,(H,19,22)(H,20,21)/b13-10-. The van der Waals surface area contributed by atoms with Gasteiger partial charge in [-0.05, 0) is 11.1 Å². The summed E-state index contributed by atoms with van der Waals surface area (Å²) in [6, 6.07) is 9.39. The third kappa shape index (κ3) is 6.07. The molecule has 7 nitrogen and oxygen atoms in total. The third-order valence-corrected chi connectivity index (χ3v) is 2.77. The SMILES string of the molecule is N#C/C(=C/NCc1cccc(CN)c1)C(=O)NCCC(=O)O. The first kappa shape index (κ1) is 17.2. The summed E-state index contributed by atoms with van der Waals surface area (Å²) in [7, 11) is 0. The van der Waals surface area contributed by atoms with E-state index in [2.05, 4.69) is 10.6 Å². The number of nitrogens with one attached hydrogen (secondary N) is 2. The lowest BCUT2D eigenvalue weighted by Crippen LogP contribution is -2.27. The lowest BCUT2D eigenvalue weighted by atomic mass is 10.1. The van der Waals surface area contributed by atoms with Crippen LogP contribution in [0.2, 0.25) is 0 Å². The van der Waals surface area contributed by atoms with Crippen LogP contribution in [0.4, 0.5) is 0 Å². The molecule has 0 saturated carbocycles. The van der Waals surface area contributed by atoms with E-state index >= 15 is 0 Å². The normalized spacial score (nSPS) is 10.6. The molecule has 0 aliphatic carbocycles. The molecule has 116 valence electrons. The van der Waals surface area contributed by atoms with Gasteiger partial charge in [0.05, 0.1) is 6.42 Å². The van der Waals surface area contributed by atoms with Gasteiger partial charge in [0.15, 0.2) is 0 Å². The number of nitriles is 1. The molecule has 0 fully saturated rings. The molecule has 0 aliphatic rings. The van der Waals surface area contributed by atoms with E-state index in [1.54, 1.807) is 6.07 Å². The molecule has 0 bridgehead atoms. The van der Waals surface area contributed by atoms with Gasteiger partial charge >= 0.3 is 5.97 Å². The van der Waals surface area contributed by atoms with E-state index in [1.807, 2.05) is 24.3 Å². The summed E-state index contributed by atoms with van der Waals surface area (Å²) in [4.78, 5) is 22.0. The monoisotopic (exact) mass is 302 g/mol. The zero-order valence-electron chi connectivity index (χ0n) is 12.0. The van der Waals surface area contributed by atoms with Gasteiger partial charge < -0.3 is 21.5 Å². The Kier molecular flexibility index (Phi) is 7.16. The summed E-state index contributed by atoms with van der Waals surface area (Å²) in [5, 5.41) is 22.7. The average Bonchev–Trinajstić information content (AvgIpc) is 2.51. The Labute approximate surface area is 128 Å². The summed E-state index contributed by atoms with van der Waals surface area (Å²) in [5.74, 6) is -1.62. The molecule has 0 aromatic heterocycles. The van der Waals surface area contributed by atoms with E-state index in [9.17, 15) is 9.59 Å². The minimum atomic E-state index is -1.01. The minimum Gasteiger partial charge on any atom is -0.481 e. The molecule has 7 heteroatoms. The maximum atomic E-state index is 11.6. The topological polar surface area (TPSA) is 128 Å². The Morgan fingerprint density at radius 1 is 1.36 bits per heavy atom. The quantitative estimate of drug-likeness (QED) is 0.402. The second-order valence-electron chi connectivity index (χ2n) is 4.47. The van der Waals surface area contributed by atoms with Crippen molar-refractivity contribution in [1.29, 1.82) is 5.26 Å². The Hall–Kier alpha value is -2.85. The molecule has 1 aromatic carbocycles. The Bertz CT molecular complexity index is 605. The maximum absolute atomic E-state index is 11.6. The lowest BCUT2D eigenvalue weighted by molar-refractivity contribution is -0.136. The molecule has 0 spiro atoms. The van der Waals surface area contributed by atoms with Crippen molar-refractivity contribution in [3.63, 3.8) is 0 Å². The molecular weight excluding hydrogens is 284 g/mol. The van der Waals surface area contributed by atoms with Crippen molar-refractivity contribution in [1.82, 2.24) is 10.6 Å². The van der Waals surface area contributed by atoms with Gasteiger partial charge in [-0.25, -0.2) is 0 Å². The zero-order chi connectivity index (χ0) is 16.4. The Morgan fingerprint density at radius 2 is 2.09 bits per heavy atom. The number of hydrogen-bond donors (Lipinski definition) is 4. The fourth-order valence-electron chi connectivity index (χ4n) is 1.66. The first-order valence-corrected chi connectivity index (χ1v) is 6.68. The highest BCUT2D eigenvalue weighted by Gasteiger charge is 2.08. The fourth-order valence-corrected chi connectivity index (χ4v) is 1.66. The van der Waals surface area contributed by atoms with Gasteiger partial charge in [-0.1, -0.05) is 24.3 Å². The van der Waals surface area contributed by atoms with Crippen molar-refractivity contribution in [2.75, 3.05) is 6.54 Å². The molecule has 0 radical (unpaired) electrons. The molecule has 1 amide bonds. The van der Waals surface area contributed by atoms with Gasteiger partial charge in [0.25, 0.3) is 5.91 Å². The Morgan fingerprint density at radius 3 is 2.73 bits per heavy atom. The summed E-state index contributed by atoms with van der Waals surface area (Å²) in [6.45, 7) is 0.867. The lowest BCUT2D eigenvalue weighted by Gasteiger charge is -2.05. The highest BCUT2D eigenvalue weighted by atomic mass is 16.4. The van der Waals surface area contributed by atoms with Gasteiger partial charge in [0.1, 0.15) is 11.6 Å². The molecule has 1 aromatic rings. The van der Waals surface area contributed by atoms with E-state index < -0.39 is 11.9 Å². The van der Waals surface area contributed by atoms with E-state index in [0.29, 0.717) is 13.1 Å². The minimum absolute atomic E-state index is 0.0221. The first-order chi connectivity index (χ1) is 10.6. The summed E-state index contributed by atoms with van der Waals surface area (Å²) < 4.78 is 0. The van der Waals surface area contributed by atoms with Gasteiger partial charge in [-0.15, -0.1) is 0 Å². The molecule has 22 heavy (non-hydrogen) atoms. The average molecular weight is 302 g/mol. The first-order valence-electron chi connectivity index (χ1n) is 6.68. The predicted octanol–water partition coefficient (Wildman–Crippen LogP) is 0.233.